The maximum atomic E-state index is 12.6. The topological polar surface area (TPSA) is 81.5 Å². The Kier molecular flexibility index (Phi) is 3.63. The van der Waals surface area contributed by atoms with Gasteiger partial charge in [0.15, 0.2) is 5.58 Å². The van der Waals surface area contributed by atoms with E-state index in [1.54, 1.807) is 22.8 Å². The van der Waals surface area contributed by atoms with Crippen molar-refractivity contribution in [2.75, 3.05) is 0 Å². The first-order valence-electron chi connectivity index (χ1n) is 8.39. The van der Waals surface area contributed by atoms with Gasteiger partial charge in [-0.1, -0.05) is 19.3 Å². The molecule has 0 aliphatic heterocycles. The Bertz CT molecular complexity index is 959. The lowest BCUT2D eigenvalue weighted by molar-refractivity contribution is -0.122. The van der Waals surface area contributed by atoms with Gasteiger partial charge in [-0.15, -0.1) is 0 Å². The highest BCUT2D eigenvalue weighted by molar-refractivity contribution is 5.82. The van der Waals surface area contributed by atoms with Gasteiger partial charge in [-0.2, -0.15) is 5.10 Å². The van der Waals surface area contributed by atoms with Gasteiger partial charge in [-0.3, -0.25) is 14.0 Å². The first-order chi connectivity index (χ1) is 11.6. The van der Waals surface area contributed by atoms with Crippen molar-refractivity contribution in [3.63, 3.8) is 0 Å². The molecule has 0 spiro atoms. The fourth-order valence-corrected chi connectivity index (χ4v) is 3.59. The predicted molar refractivity (Wildman–Crippen MR) is 89.0 cm³/mol. The minimum Gasteiger partial charge on any atom is -0.463 e. The zero-order valence-electron chi connectivity index (χ0n) is 13.6. The Morgan fingerprint density at radius 3 is 2.92 bits per heavy atom. The fourth-order valence-electron chi connectivity index (χ4n) is 3.59. The lowest BCUT2D eigenvalue weighted by Crippen LogP contribution is -2.40. The minimum absolute atomic E-state index is 0.0563. The predicted octanol–water partition coefficient (Wildman–Crippen LogP) is 2.00. The van der Waals surface area contributed by atoms with Crippen LogP contribution in [0.25, 0.3) is 16.6 Å². The number of aryl methyl sites for hydroxylation is 1. The lowest BCUT2D eigenvalue weighted by atomic mass is 9.95. The molecule has 3 heterocycles. The van der Waals surface area contributed by atoms with Gasteiger partial charge in [0.25, 0.3) is 5.56 Å². The van der Waals surface area contributed by atoms with Crippen LogP contribution in [0.5, 0.6) is 0 Å². The number of carbonyl (C=O) groups excluding carboxylic acids is 1. The van der Waals surface area contributed by atoms with Gasteiger partial charge in [0, 0.05) is 18.2 Å². The zero-order chi connectivity index (χ0) is 16.7. The number of aromatic nitrogens is 3. The van der Waals surface area contributed by atoms with Crippen molar-refractivity contribution >= 4 is 22.5 Å². The van der Waals surface area contributed by atoms with Crippen LogP contribution in [0.1, 0.15) is 37.9 Å². The van der Waals surface area contributed by atoms with Gasteiger partial charge in [-0.05, 0) is 19.8 Å². The van der Waals surface area contributed by atoms with E-state index in [4.69, 9.17) is 4.42 Å². The van der Waals surface area contributed by atoms with E-state index in [1.165, 1.54) is 11.1 Å². The van der Waals surface area contributed by atoms with Crippen molar-refractivity contribution < 1.29 is 9.21 Å². The summed E-state index contributed by atoms with van der Waals surface area (Å²) in [5, 5.41) is 7.32. The summed E-state index contributed by atoms with van der Waals surface area (Å²) in [5.41, 5.74) is 1.64. The number of rotatable bonds is 3. The Labute approximate surface area is 138 Å². The molecule has 1 amide bonds. The second-order valence-corrected chi connectivity index (χ2v) is 6.45. The third-order valence-electron chi connectivity index (χ3n) is 4.73. The molecule has 0 unspecified atom stereocenters. The Balaban J connectivity index is 1.63. The van der Waals surface area contributed by atoms with E-state index >= 15 is 0 Å². The maximum absolute atomic E-state index is 12.6. The molecule has 1 N–H and O–H groups in total. The zero-order valence-corrected chi connectivity index (χ0v) is 13.6. The van der Waals surface area contributed by atoms with Gasteiger partial charge in [0.2, 0.25) is 5.91 Å². The number of nitrogens with zero attached hydrogens (tertiary/aromatic N) is 3. The third-order valence-corrected chi connectivity index (χ3v) is 4.73. The Morgan fingerprint density at radius 2 is 2.12 bits per heavy atom. The number of furan rings is 1. The molecule has 3 aromatic rings. The second kappa shape index (κ2) is 5.81. The molecular formula is C17H20N4O3. The standard InChI is InChI=1S/C17H20N4O3/c1-11-19-20(10-16(22)18-12-5-3-2-4-6-12)17(23)14-9-15-13(21(11)14)7-8-24-15/h7-9,12H,2-6,10H2,1H3,(H,18,22). The monoisotopic (exact) mass is 328 g/mol. The number of amides is 1. The molecule has 7 heteroatoms. The molecule has 4 rings (SSSR count). The van der Waals surface area contributed by atoms with Crippen LogP contribution in [0.4, 0.5) is 0 Å². The summed E-state index contributed by atoms with van der Waals surface area (Å²) < 4.78 is 8.36. The van der Waals surface area contributed by atoms with Crippen molar-refractivity contribution in [1.29, 1.82) is 0 Å². The number of fused-ring (bicyclic) bond motifs is 3. The van der Waals surface area contributed by atoms with Crippen LogP contribution in [0.2, 0.25) is 0 Å². The first-order valence-corrected chi connectivity index (χ1v) is 8.39. The summed E-state index contributed by atoms with van der Waals surface area (Å²) in [6, 6.07) is 3.72. The number of carbonyl (C=O) groups is 1. The van der Waals surface area contributed by atoms with Crippen LogP contribution in [0.3, 0.4) is 0 Å². The van der Waals surface area contributed by atoms with Crippen molar-refractivity contribution in [3.05, 3.63) is 34.6 Å². The summed E-state index contributed by atoms with van der Waals surface area (Å²) >= 11 is 0. The highest BCUT2D eigenvalue weighted by Gasteiger charge is 2.18. The van der Waals surface area contributed by atoms with Crippen LogP contribution < -0.4 is 10.9 Å². The third kappa shape index (κ3) is 2.50. The van der Waals surface area contributed by atoms with Crippen molar-refractivity contribution in [2.45, 2.75) is 51.6 Å². The van der Waals surface area contributed by atoms with E-state index in [9.17, 15) is 9.59 Å². The molecule has 0 aromatic carbocycles. The maximum Gasteiger partial charge on any atom is 0.291 e. The highest BCUT2D eigenvalue weighted by atomic mass is 16.3. The van der Waals surface area contributed by atoms with Gasteiger partial charge in [0.1, 0.15) is 17.9 Å². The van der Waals surface area contributed by atoms with Crippen LogP contribution in [0.15, 0.2) is 27.6 Å². The molecule has 1 aliphatic rings. The summed E-state index contributed by atoms with van der Waals surface area (Å²) in [6.45, 7) is 1.76. The molecule has 126 valence electrons. The summed E-state index contributed by atoms with van der Waals surface area (Å²) in [5.74, 6) is 0.488. The SMILES string of the molecule is Cc1nn(CC(=O)NC2CCCCC2)c(=O)c2cc3occc3n12. The molecule has 24 heavy (non-hydrogen) atoms. The van der Waals surface area contributed by atoms with E-state index < -0.39 is 0 Å². The quantitative estimate of drug-likeness (QED) is 0.797. The minimum atomic E-state index is -0.286. The number of hydrogen-bond acceptors (Lipinski definition) is 4. The van der Waals surface area contributed by atoms with Crippen LogP contribution in [-0.4, -0.2) is 26.1 Å². The van der Waals surface area contributed by atoms with Gasteiger partial charge < -0.3 is 9.73 Å². The molecule has 0 radical (unpaired) electrons. The Morgan fingerprint density at radius 1 is 1.33 bits per heavy atom. The summed E-state index contributed by atoms with van der Waals surface area (Å²) in [4.78, 5) is 24.9. The van der Waals surface area contributed by atoms with E-state index in [0.717, 1.165) is 31.2 Å². The number of nitrogens with one attached hydrogen (secondary N) is 1. The summed E-state index contributed by atoms with van der Waals surface area (Å²) in [7, 11) is 0. The van der Waals surface area contributed by atoms with Gasteiger partial charge in [0.05, 0.1) is 11.8 Å². The average Bonchev–Trinajstić information content (AvgIpc) is 3.14. The smallest absolute Gasteiger partial charge is 0.291 e. The Hall–Kier alpha value is -2.57. The fraction of sp³-hybridized carbons (Fsp3) is 0.471. The molecule has 1 fully saturated rings. The molecule has 0 bridgehead atoms. The van der Waals surface area contributed by atoms with E-state index in [-0.39, 0.29) is 24.1 Å². The highest BCUT2D eigenvalue weighted by Crippen LogP contribution is 2.20. The van der Waals surface area contributed by atoms with Crippen molar-refractivity contribution in [1.82, 2.24) is 19.5 Å². The molecular weight excluding hydrogens is 308 g/mol. The second-order valence-electron chi connectivity index (χ2n) is 6.45. The lowest BCUT2D eigenvalue weighted by Gasteiger charge is -2.22. The van der Waals surface area contributed by atoms with Gasteiger partial charge in [-0.25, -0.2) is 4.68 Å². The summed E-state index contributed by atoms with van der Waals surface area (Å²) in [6.07, 6.45) is 7.15. The van der Waals surface area contributed by atoms with E-state index in [0.29, 0.717) is 16.9 Å². The van der Waals surface area contributed by atoms with Crippen LogP contribution >= 0.6 is 0 Å². The number of hydrogen-bond donors (Lipinski definition) is 1. The largest absolute Gasteiger partial charge is 0.463 e. The normalized spacial score (nSPS) is 16.0. The molecule has 1 aliphatic carbocycles. The molecule has 3 aromatic heterocycles. The van der Waals surface area contributed by atoms with Crippen LogP contribution in [0, 0.1) is 6.92 Å². The van der Waals surface area contributed by atoms with Crippen molar-refractivity contribution in [2.24, 2.45) is 0 Å². The van der Waals surface area contributed by atoms with E-state index in [2.05, 4.69) is 10.4 Å². The van der Waals surface area contributed by atoms with Crippen molar-refractivity contribution in [3.8, 4) is 0 Å². The van der Waals surface area contributed by atoms with E-state index in [1.807, 2.05) is 6.92 Å². The molecule has 0 saturated heterocycles. The molecule has 1 saturated carbocycles. The molecule has 7 nitrogen and oxygen atoms in total. The molecule has 0 atom stereocenters. The van der Waals surface area contributed by atoms with Gasteiger partial charge >= 0.3 is 0 Å². The van der Waals surface area contributed by atoms with Crippen LogP contribution in [-0.2, 0) is 11.3 Å². The first kappa shape index (κ1) is 15.0. The average molecular weight is 328 g/mol.